The molecule has 0 aliphatic heterocycles. The SMILES string of the molecule is COc1ccc2c(c1)c(-c1ccccc1)cc(=O)n2OC. The monoisotopic (exact) mass is 281 g/mol. The first-order valence-electron chi connectivity index (χ1n) is 6.58. The standard InChI is InChI=1S/C17H15NO3/c1-20-13-8-9-16-15(10-13)14(11-17(19)18(16)21-2)12-6-4-3-5-7-12/h3-11H,1-2H3. The lowest BCUT2D eigenvalue weighted by molar-refractivity contribution is 0.169. The predicted molar refractivity (Wildman–Crippen MR) is 82.7 cm³/mol. The zero-order valence-corrected chi connectivity index (χ0v) is 11.9. The third kappa shape index (κ3) is 2.25. The van der Waals surface area contributed by atoms with E-state index < -0.39 is 0 Å². The lowest BCUT2D eigenvalue weighted by Crippen LogP contribution is -2.24. The maximum atomic E-state index is 12.2. The lowest BCUT2D eigenvalue weighted by atomic mass is 10.0. The molecule has 0 spiro atoms. The summed E-state index contributed by atoms with van der Waals surface area (Å²) < 4.78 is 6.57. The van der Waals surface area contributed by atoms with Crippen molar-refractivity contribution < 1.29 is 9.57 Å². The Balaban J connectivity index is 2.41. The van der Waals surface area contributed by atoms with Crippen LogP contribution in [-0.4, -0.2) is 19.0 Å². The summed E-state index contributed by atoms with van der Waals surface area (Å²) in [6, 6.07) is 16.9. The number of benzene rings is 2. The van der Waals surface area contributed by atoms with Crippen molar-refractivity contribution in [1.29, 1.82) is 0 Å². The highest BCUT2D eigenvalue weighted by molar-refractivity contribution is 5.95. The summed E-state index contributed by atoms with van der Waals surface area (Å²) in [5.41, 5.74) is 2.36. The summed E-state index contributed by atoms with van der Waals surface area (Å²) in [6.45, 7) is 0. The maximum absolute atomic E-state index is 12.2. The largest absolute Gasteiger partial charge is 0.497 e. The predicted octanol–water partition coefficient (Wildman–Crippen LogP) is 2.74. The Bertz CT molecular complexity index is 838. The van der Waals surface area contributed by atoms with Crippen LogP contribution in [0.5, 0.6) is 5.75 Å². The second-order valence-corrected chi connectivity index (χ2v) is 4.62. The fourth-order valence-corrected chi connectivity index (χ4v) is 2.46. The number of aromatic nitrogens is 1. The van der Waals surface area contributed by atoms with Gasteiger partial charge in [-0.2, -0.15) is 0 Å². The molecule has 0 saturated carbocycles. The van der Waals surface area contributed by atoms with Gasteiger partial charge in [-0.25, -0.2) is 0 Å². The van der Waals surface area contributed by atoms with Gasteiger partial charge in [0.2, 0.25) is 0 Å². The quantitative estimate of drug-likeness (QED) is 0.741. The fraction of sp³-hybridized carbons (Fsp3) is 0.118. The van der Waals surface area contributed by atoms with Gasteiger partial charge >= 0.3 is 0 Å². The van der Waals surface area contributed by atoms with Crippen molar-refractivity contribution in [1.82, 2.24) is 4.73 Å². The van der Waals surface area contributed by atoms with Gasteiger partial charge in [0.15, 0.2) is 0 Å². The minimum absolute atomic E-state index is 0.200. The van der Waals surface area contributed by atoms with E-state index in [9.17, 15) is 4.79 Å². The summed E-state index contributed by atoms with van der Waals surface area (Å²) >= 11 is 0. The van der Waals surface area contributed by atoms with Gasteiger partial charge < -0.3 is 9.57 Å². The minimum atomic E-state index is -0.200. The molecule has 1 aromatic heterocycles. The van der Waals surface area contributed by atoms with Crippen LogP contribution >= 0.6 is 0 Å². The highest BCUT2D eigenvalue weighted by atomic mass is 16.6. The van der Waals surface area contributed by atoms with Crippen LogP contribution in [0.3, 0.4) is 0 Å². The minimum Gasteiger partial charge on any atom is -0.497 e. The summed E-state index contributed by atoms with van der Waals surface area (Å²) in [4.78, 5) is 17.4. The highest BCUT2D eigenvalue weighted by Crippen LogP contribution is 2.29. The zero-order chi connectivity index (χ0) is 14.8. The molecule has 0 bridgehead atoms. The van der Waals surface area contributed by atoms with Crippen LogP contribution in [0.4, 0.5) is 0 Å². The number of rotatable bonds is 3. The number of hydrogen-bond acceptors (Lipinski definition) is 3. The molecule has 0 aliphatic carbocycles. The second-order valence-electron chi connectivity index (χ2n) is 4.62. The van der Waals surface area contributed by atoms with E-state index in [1.54, 1.807) is 13.2 Å². The molecule has 0 radical (unpaired) electrons. The van der Waals surface area contributed by atoms with Gasteiger partial charge in [0.25, 0.3) is 5.56 Å². The van der Waals surface area contributed by atoms with E-state index in [2.05, 4.69) is 0 Å². The van der Waals surface area contributed by atoms with Gasteiger partial charge in [0.1, 0.15) is 12.9 Å². The van der Waals surface area contributed by atoms with Crippen molar-refractivity contribution in [3.8, 4) is 16.9 Å². The van der Waals surface area contributed by atoms with E-state index >= 15 is 0 Å². The molecule has 0 unspecified atom stereocenters. The van der Waals surface area contributed by atoms with Gasteiger partial charge in [-0.15, -0.1) is 4.73 Å². The second kappa shape index (κ2) is 5.32. The van der Waals surface area contributed by atoms with Crippen LogP contribution in [0.15, 0.2) is 59.4 Å². The van der Waals surface area contributed by atoms with Crippen LogP contribution in [0.25, 0.3) is 22.0 Å². The summed E-state index contributed by atoms with van der Waals surface area (Å²) in [5, 5.41) is 0.905. The van der Waals surface area contributed by atoms with E-state index in [1.807, 2.05) is 48.5 Å². The molecule has 4 nitrogen and oxygen atoms in total. The number of ether oxygens (including phenoxy) is 1. The van der Waals surface area contributed by atoms with Gasteiger partial charge in [-0.3, -0.25) is 4.79 Å². The maximum Gasteiger partial charge on any atom is 0.284 e. The Kier molecular flexibility index (Phi) is 3.36. The molecule has 1 heterocycles. The molecule has 0 atom stereocenters. The number of methoxy groups -OCH3 is 1. The normalized spacial score (nSPS) is 10.6. The van der Waals surface area contributed by atoms with Crippen molar-refractivity contribution >= 4 is 10.9 Å². The molecule has 3 rings (SSSR count). The van der Waals surface area contributed by atoms with Gasteiger partial charge in [0, 0.05) is 11.5 Å². The van der Waals surface area contributed by atoms with E-state index in [4.69, 9.17) is 9.57 Å². The molecule has 0 saturated heterocycles. The highest BCUT2D eigenvalue weighted by Gasteiger charge is 2.11. The molecule has 106 valence electrons. The van der Waals surface area contributed by atoms with E-state index in [0.29, 0.717) is 5.52 Å². The third-order valence-electron chi connectivity index (χ3n) is 3.45. The molecule has 21 heavy (non-hydrogen) atoms. The van der Waals surface area contributed by atoms with E-state index in [-0.39, 0.29) is 5.56 Å². The fourth-order valence-electron chi connectivity index (χ4n) is 2.46. The summed E-state index contributed by atoms with van der Waals surface area (Å²) in [6.07, 6.45) is 0. The van der Waals surface area contributed by atoms with E-state index in [1.165, 1.54) is 11.8 Å². The molecule has 0 aliphatic rings. The number of fused-ring (bicyclic) bond motifs is 1. The van der Waals surface area contributed by atoms with Crippen LogP contribution in [0.1, 0.15) is 0 Å². The van der Waals surface area contributed by atoms with E-state index in [0.717, 1.165) is 22.3 Å². The first-order valence-corrected chi connectivity index (χ1v) is 6.58. The molecule has 0 fully saturated rings. The van der Waals surface area contributed by atoms with Crippen molar-refractivity contribution in [2.45, 2.75) is 0 Å². The van der Waals surface area contributed by atoms with Gasteiger partial charge in [-0.1, -0.05) is 30.3 Å². The average Bonchev–Trinajstić information content (AvgIpc) is 2.54. The molecule has 2 aromatic carbocycles. The van der Waals surface area contributed by atoms with Crippen LogP contribution < -0.4 is 15.1 Å². The smallest absolute Gasteiger partial charge is 0.284 e. The van der Waals surface area contributed by atoms with Crippen LogP contribution in [0.2, 0.25) is 0 Å². The molecular weight excluding hydrogens is 266 g/mol. The molecular formula is C17H15NO3. The molecule has 4 heteroatoms. The topological polar surface area (TPSA) is 40.5 Å². The van der Waals surface area contributed by atoms with Crippen molar-refractivity contribution in [2.24, 2.45) is 0 Å². The van der Waals surface area contributed by atoms with Gasteiger partial charge in [0.05, 0.1) is 12.6 Å². The molecule has 0 amide bonds. The number of nitrogens with zero attached hydrogens (tertiary/aromatic N) is 1. The Morgan fingerprint density at radius 1 is 0.952 bits per heavy atom. The van der Waals surface area contributed by atoms with Crippen molar-refractivity contribution in [2.75, 3.05) is 14.2 Å². The Labute approximate surface area is 122 Å². The van der Waals surface area contributed by atoms with Gasteiger partial charge in [-0.05, 0) is 29.3 Å². The average molecular weight is 281 g/mol. The summed E-state index contributed by atoms with van der Waals surface area (Å²) in [5.74, 6) is 0.737. The van der Waals surface area contributed by atoms with Crippen molar-refractivity contribution in [3.63, 3.8) is 0 Å². The van der Waals surface area contributed by atoms with Crippen LogP contribution in [0, 0.1) is 0 Å². The summed E-state index contributed by atoms with van der Waals surface area (Å²) in [7, 11) is 3.10. The van der Waals surface area contributed by atoms with Crippen LogP contribution in [-0.2, 0) is 0 Å². The first-order chi connectivity index (χ1) is 10.2. The molecule has 0 N–H and O–H groups in total. The Morgan fingerprint density at radius 2 is 1.71 bits per heavy atom. The number of pyridine rings is 1. The first kappa shape index (κ1) is 13.2. The lowest BCUT2D eigenvalue weighted by Gasteiger charge is -2.13. The number of hydrogen-bond donors (Lipinski definition) is 0. The molecule has 3 aromatic rings. The Hall–Kier alpha value is -2.75. The van der Waals surface area contributed by atoms with Crippen molar-refractivity contribution in [3.05, 3.63) is 65.0 Å². The zero-order valence-electron chi connectivity index (χ0n) is 11.9. The third-order valence-corrected chi connectivity index (χ3v) is 3.45. The Morgan fingerprint density at radius 3 is 2.38 bits per heavy atom.